The molecule has 0 radical (unpaired) electrons. The minimum absolute atomic E-state index is 0.525. The van der Waals surface area contributed by atoms with Crippen LogP contribution in [0.2, 0.25) is 5.02 Å². The Morgan fingerprint density at radius 3 is 2.78 bits per heavy atom. The summed E-state index contributed by atoms with van der Waals surface area (Å²) in [5, 5.41) is 0.564. The van der Waals surface area contributed by atoms with Gasteiger partial charge in [-0.05, 0) is 28.7 Å². The Hall–Kier alpha value is -0.0300. The molecule has 9 heavy (non-hydrogen) atoms. The second-order valence-corrected chi connectivity index (χ2v) is 3.04. The summed E-state index contributed by atoms with van der Waals surface area (Å²) in [7, 11) is 0. The summed E-state index contributed by atoms with van der Waals surface area (Å²) in [6.07, 6.45) is 1.55. The molecule has 0 aliphatic rings. The Bertz CT molecular complexity index is 226. The van der Waals surface area contributed by atoms with Crippen LogP contribution in [0.25, 0.3) is 0 Å². The predicted molar refractivity (Wildman–Crippen MR) is 46.4 cm³/mol. The maximum atomic E-state index is 5.64. The molecule has 0 amide bonds. The molecule has 0 bridgehead atoms. The molecule has 1 aromatic heterocycles. The van der Waals surface area contributed by atoms with E-state index >= 15 is 0 Å². The lowest BCUT2D eigenvalue weighted by Crippen LogP contribution is -1.88. The first-order valence-corrected chi connectivity index (χ1v) is 3.72. The van der Waals surface area contributed by atoms with E-state index in [1.165, 1.54) is 0 Å². The average Bonchev–Trinajstić information content (AvgIpc) is 1.80. The van der Waals surface area contributed by atoms with Crippen LogP contribution in [0.3, 0.4) is 0 Å². The summed E-state index contributed by atoms with van der Waals surface area (Å²) in [6.45, 7) is 0. The smallest absolute Gasteiger partial charge is 0.102 e. The third-order valence-electron chi connectivity index (χ3n) is 0.849. The second-order valence-electron chi connectivity index (χ2n) is 1.53. The lowest BCUT2D eigenvalue weighted by Gasteiger charge is -1.94. The molecular formula is C5H4ClIN2. The largest absolute Gasteiger partial charge is 0.396 e. The number of nitrogen functional groups attached to an aromatic ring is 1. The standard InChI is InChI=1S/C5H4ClIN2/c6-3-1-5(7)9-2-4(3)8/h1-2H,8H2. The molecule has 0 saturated heterocycles. The first-order chi connectivity index (χ1) is 4.20. The molecule has 1 aromatic rings. The number of rotatable bonds is 0. The van der Waals surface area contributed by atoms with E-state index in [1.54, 1.807) is 12.3 Å². The van der Waals surface area contributed by atoms with Gasteiger partial charge in [0.2, 0.25) is 0 Å². The van der Waals surface area contributed by atoms with Gasteiger partial charge in [-0.15, -0.1) is 0 Å². The third-order valence-corrected chi connectivity index (χ3v) is 1.77. The fourth-order valence-corrected chi connectivity index (χ4v) is 1.20. The van der Waals surface area contributed by atoms with Gasteiger partial charge in [-0.2, -0.15) is 0 Å². The molecule has 0 saturated carbocycles. The van der Waals surface area contributed by atoms with Gasteiger partial charge < -0.3 is 5.73 Å². The minimum Gasteiger partial charge on any atom is -0.396 e. The molecule has 0 spiro atoms. The Balaban J connectivity index is 3.17. The number of anilines is 1. The molecule has 48 valence electrons. The predicted octanol–water partition coefficient (Wildman–Crippen LogP) is 1.92. The molecule has 0 aliphatic heterocycles. The Morgan fingerprint density at radius 2 is 2.33 bits per heavy atom. The van der Waals surface area contributed by atoms with Crippen molar-refractivity contribution in [2.75, 3.05) is 5.73 Å². The van der Waals surface area contributed by atoms with Gasteiger partial charge in [0.15, 0.2) is 0 Å². The highest BCUT2D eigenvalue weighted by Gasteiger charge is 1.94. The third kappa shape index (κ3) is 1.69. The molecule has 0 unspecified atom stereocenters. The monoisotopic (exact) mass is 254 g/mol. The number of nitrogens with zero attached hydrogens (tertiary/aromatic N) is 1. The van der Waals surface area contributed by atoms with E-state index in [1.807, 2.05) is 0 Å². The van der Waals surface area contributed by atoms with Gasteiger partial charge in [0.1, 0.15) is 3.70 Å². The normalized spacial score (nSPS) is 9.56. The summed E-state index contributed by atoms with van der Waals surface area (Å²) < 4.78 is 0.854. The zero-order chi connectivity index (χ0) is 6.85. The van der Waals surface area contributed by atoms with Crippen LogP contribution in [0, 0.1) is 3.70 Å². The van der Waals surface area contributed by atoms with Gasteiger partial charge in [-0.3, -0.25) is 0 Å². The van der Waals surface area contributed by atoms with Crippen molar-refractivity contribution in [2.24, 2.45) is 0 Å². The summed E-state index contributed by atoms with van der Waals surface area (Å²) in [6, 6.07) is 1.72. The van der Waals surface area contributed by atoms with Crippen LogP contribution in [0.15, 0.2) is 12.3 Å². The summed E-state index contributed by atoms with van der Waals surface area (Å²) in [5.41, 5.74) is 5.92. The van der Waals surface area contributed by atoms with E-state index in [0.29, 0.717) is 10.7 Å². The van der Waals surface area contributed by atoms with Crippen molar-refractivity contribution in [1.29, 1.82) is 0 Å². The van der Waals surface area contributed by atoms with E-state index in [2.05, 4.69) is 27.6 Å². The molecule has 0 atom stereocenters. The van der Waals surface area contributed by atoms with E-state index in [4.69, 9.17) is 17.3 Å². The number of aromatic nitrogens is 1. The van der Waals surface area contributed by atoms with Crippen molar-refractivity contribution in [3.63, 3.8) is 0 Å². The zero-order valence-corrected chi connectivity index (χ0v) is 7.35. The maximum Gasteiger partial charge on any atom is 0.102 e. The minimum atomic E-state index is 0.525. The molecule has 0 aliphatic carbocycles. The molecule has 1 rings (SSSR count). The van der Waals surface area contributed by atoms with Crippen molar-refractivity contribution in [3.8, 4) is 0 Å². The Labute approximate surface area is 71.6 Å². The number of hydrogen-bond donors (Lipinski definition) is 1. The highest BCUT2D eigenvalue weighted by atomic mass is 127. The van der Waals surface area contributed by atoms with Crippen LogP contribution >= 0.6 is 34.2 Å². The summed E-state index contributed by atoms with van der Waals surface area (Å²) >= 11 is 7.72. The Morgan fingerprint density at radius 1 is 1.67 bits per heavy atom. The van der Waals surface area contributed by atoms with Gasteiger partial charge in [0.05, 0.1) is 16.9 Å². The van der Waals surface area contributed by atoms with E-state index < -0.39 is 0 Å². The molecular weight excluding hydrogens is 250 g/mol. The summed E-state index contributed by atoms with van der Waals surface area (Å²) in [4.78, 5) is 3.92. The lowest BCUT2D eigenvalue weighted by atomic mass is 10.4. The van der Waals surface area contributed by atoms with E-state index in [0.717, 1.165) is 3.70 Å². The molecule has 0 fully saturated rings. The van der Waals surface area contributed by atoms with Gasteiger partial charge in [0.25, 0.3) is 0 Å². The fourth-order valence-electron chi connectivity index (χ4n) is 0.418. The first-order valence-electron chi connectivity index (χ1n) is 2.26. The van der Waals surface area contributed by atoms with Crippen molar-refractivity contribution in [2.45, 2.75) is 0 Å². The zero-order valence-electron chi connectivity index (χ0n) is 4.44. The average molecular weight is 254 g/mol. The van der Waals surface area contributed by atoms with E-state index in [-0.39, 0.29) is 0 Å². The molecule has 0 aromatic carbocycles. The topological polar surface area (TPSA) is 38.9 Å². The van der Waals surface area contributed by atoms with Crippen LogP contribution < -0.4 is 5.73 Å². The lowest BCUT2D eigenvalue weighted by molar-refractivity contribution is 1.28. The van der Waals surface area contributed by atoms with Crippen molar-refractivity contribution >= 4 is 39.9 Å². The summed E-state index contributed by atoms with van der Waals surface area (Å²) in [5.74, 6) is 0. The van der Waals surface area contributed by atoms with Crippen LogP contribution in [0.1, 0.15) is 0 Å². The first kappa shape index (κ1) is 7.08. The van der Waals surface area contributed by atoms with Gasteiger partial charge >= 0.3 is 0 Å². The molecule has 4 heteroatoms. The van der Waals surface area contributed by atoms with Crippen LogP contribution in [0.4, 0.5) is 5.69 Å². The van der Waals surface area contributed by atoms with Crippen LogP contribution in [-0.4, -0.2) is 4.98 Å². The number of halogens is 2. The van der Waals surface area contributed by atoms with Crippen molar-refractivity contribution in [3.05, 3.63) is 21.0 Å². The van der Waals surface area contributed by atoms with Crippen molar-refractivity contribution < 1.29 is 0 Å². The quantitative estimate of drug-likeness (QED) is 0.567. The molecule has 2 nitrogen and oxygen atoms in total. The van der Waals surface area contributed by atoms with Gasteiger partial charge in [0, 0.05) is 0 Å². The van der Waals surface area contributed by atoms with Crippen LogP contribution in [0.5, 0.6) is 0 Å². The highest BCUT2D eigenvalue weighted by molar-refractivity contribution is 14.1. The van der Waals surface area contributed by atoms with Gasteiger partial charge in [-0.25, -0.2) is 4.98 Å². The molecule has 1 heterocycles. The fraction of sp³-hybridized carbons (Fsp3) is 0. The van der Waals surface area contributed by atoms with Gasteiger partial charge in [-0.1, -0.05) is 11.6 Å². The van der Waals surface area contributed by atoms with Crippen LogP contribution in [-0.2, 0) is 0 Å². The maximum absolute atomic E-state index is 5.64. The Kier molecular flexibility index (Phi) is 2.13. The van der Waals surface area contributed by atoms with Crippen molar-refractivity contribution in [1.82, 2.24) is 4.98 Å². The van der Waals surface area contributed by atoms with E-state index in [9.17, 15) is 0 Å². The highest BCUT2D eigenvalue weighted by Crippen LogP contribution is 2.17. The molecule has 2 N–H and O–H groups in total. The number of nitrogens with two attached hydrogens (primary N) is 1. The SMILES string of the molecule is Nc1cnc(I)cc1Cl. The number of hydrogen-bond acceptors (Lipinski definition) is 2. The second kappa shape index (κ2) is 2.70. The number of pyridine rings is 1.